The van der Waals surface area contributed by atoms with Crippen molar-refractivity contribution in [1.29, 1.82) is 0 Å². The number of hydrogen-bond acceptors (Lipinski definition) is 4. The van der Waals surface area contributed by atoms with Crippen molar-refractivity contribution < 1.29 is 0 Å². The summed E-state index contributed by atoms with van der Waals surface area (Å²) in [7, 11) is 3.84. The lowest BCUT2D eigenvalue weighted by Crippen LogP contribution is -2.44. The fraction of sp³-hybridized carbons (Fsp3) is 0.429. The fourth-order valence-electron chi connectivity index (χ4n) is 0.804. The van der Waals surface area contributed by atoms with Gasteiger partial charge in [0.25, 0.3) is 0 Å². The Bertz CT molecular complexity index is 175. The minimum absolute atomic E-state index is 0.816. The minimum atomic E-state index is 0.816. The first kappa shape index (κ1) is 7.94. The molecule has 0 aromatic carbocycles. The van der Waals surface area contributed by atoms with Gasteiger partial charge < -0.3 is 5.43 Å². The summed E-state index contributed by atoms with van der Waals surface area (Å²) in [5, 5.41) is 3.71. The predicted molar refractivity (Wildman–Crippen MR) is 44.9 cm³/mol. The van der Waals surface area contributed by atoms with E-state index in [9.17, 15) is 0 Å². The summed E-state index contributed by atoms with van der Waals surface area (Å²) in [5.41, 5.74) is 6.17. The smallest absolute Gasteiger partial charge is 0.129 e. The molecule has 1 rings (SSSR count). The normalized spacial score (nSPS) is 22.2. The second-order valence-electron chi connectivity index (χ2n) is 2.43. The third kappa shape index (κ3) is 1.88. The van der Waals surface area contributed by atoms with Crippen LogP contribution in [0.1, 0.15) is 0 Å². The summed E-state index contributed by atoms with van der Waals surface area (Å²) in [4.78, 5) is 0. The third-order valence-corrected chi connectivity index (χ3v) is 1.61. The molecule has 0 radical (unpaired) electrons. The van der Waals surface area contributed by atoms with Crippen molar-refractivity contribution in [3.63, 3.8) is 0 Å². The largest absolute Gasteiger partial charge is 0.305 e. The summed E-state index contributed by atoms with van der Waals surface area (Å²) in [6.07, 6.45) is 3.88. The number of rotatable bonds is 0. The van der Waals surface area contributed by atoms with Crippen molar-refractivity contribution in [2.75, 3.05) is 20.6 Å². The standard InChI is InChI=1S/C7H14N4/c1-7-10(2)8-5-4-6-9-11(7)3/h4-5,8-9H,1,6H2,2-3H3/b5-4-. The Balaban J connectivity index is 2.62. The van der Waals surface area contributed by atoms with Crippen LogP contribution in [0.3, 0.4) is 0 Å². The average molecular weight is 154 g/mol. The maximum absolute atomic E-state index is 3.87. The Labute approximate surface area is 67.1 Å². The van der Waals surface area contributed by atoms with Crippen molar-refractivity contribution >= 4 is 0 Å². The van der Waals surface area contributed by atoms with Gasteiger partial charge >= 0.3 is 0 Å². The van der Waals surface area contributed by atoms with Crippen LogP contribution in [0.25, 0.3) is 0 Å². The highest BCUT2D eigenvalue weighted by Gasteiger charge is 2.05. The van der Waals surface area contributed by atoms with Crippen LogP contribution in [-0.2, 0) is 0 Å². The highest BCUT2D eigenvalue weighted by Crippen LogP contribution is 1.98. The zero-order valence-corrected chi connectivity index (χ0v) is 6.96. The van der Waals surface area contributed by atoms with Crippen molar-refractivity contribution in [2.24, 2.45) is 0 Å². The van der Waals surface area contributed by atoms with Crippen LogP contribution in [0.2, 0.25) is 0 Å². The second kappa shape index (κ2) is 3.30. The van der Waals surface area contributed by atoms with Gasteiger partial charge in [0, 0.05) is 26.8 Å². The molecular weight excluding hydrogens is 140 g/mol. The monoisotopic (exact) mass is 154 g/mol. The lowest BCUT2D eigenvalue weighted by molar-refractivity contribution is 0.186. The summed E-state index contributed by atoms with van der Waals surface area (Å²) in [6.45, 7) is 4.69. The van der Waals surface area contributed by atoms with Gasteiger partial charge in [-0.3, -0.25) is 10.0 Å². The van der Waals surface area contributed by atoms with Crippen molar-refractivity contribution in [3.05, 3.63) is 24.7 Å². The van der Waals surface area contributed by atoms with Crippen LogP contribution in [0.15, 0.2) is 24.7 Å². The number of nitrogens with one attached hydrogen (secondary N) is 2. The number of hydrazine groups is 2. The minimum Gasteiger partial charge on any atom is -0.305 e. The summed E-state index contributed by atoms with van der Waals surface area (Å²) in [6, 6.07) is 0. The third-order valence-electron chi connectivity index (χ3n) is 1.61. The van der Waals surface area contributed by atoms with Crippen molar-refractivity contribution in [2.45, 2.75) is 0 Å². The molecule has 11 heavy (non-hydrogen) atoms. The van der Waals surface area contributed by atoms with E-state index < -0.39 is 0 Å². The van der Waals surface area contributed by atoms with Crippen LogP contribution < -0.4 is 10.9 Å². The molecule has 0 aliphatic carbocycles. The molecule has 0 bridgehead atoms. The van der Waals surface area contributed by atoms with E-state index in [2.05, 4.69) is 17.4 Å². The zero-order valence-electron chi connectivity index (χ0n) is 6.96. The van der Waals surface area contributed by atoms with E-state index in [0.717, 1.165) is 12.4 Å². The van der Waals surface area contributed by atoms with Crippen LogP contribution >= 0.6 is 0 Å². The highest BCUT2D eigenvalue weighted by atomic mass is 15.6. The van der Waals surface area contributed by atoms with E-state index in [1.165, 1.54) is 0 Å². The molecule has 0 aromatic rings. The topological polar surface area (TPSA) is 30.5 Å². The average Bonchev–Trinajstić information content (AvgIpc) is 2.00. The van der Waals surface area contributed by atoms with Gasteiger partial charge in [-0.15, -0.1) is 0 Å². The SMILES string of the molecule is C=C1N(C)N/C=C\CNN1C. The molecule has 1 heterocycles. The van der Waals surface area contributed by atoms with Crippen LogP contribution in [0.4, 0.5) is 0 Å². The van der Waals surface area contributed by atoms with Gasteiger partial charge in [-0.1, -0.05) is 12.7 Å². The molecule has 4 heteroatoms. The zero-order chi connectivity index (χ0) is 8.27. The van der Waals surface area contributed by atoms with Gasteiger partial charge in [0.05, 0.1) is 0 Å². The van der Waals surface area contributed by atoms with Gasteiger partial charge in [-0.05, 0) is 0 Å². The van der Waals surface area contributed by atoms with E-state index in [1.54, 1.807) is 0 Å². The molecule has 0 saturated heterocycles. The van der Waals surface area contributed by atoms with Crippen molar-refractivity contribution in [1.82, 2.24) is 20.9 Å². The van der Waals surface area contributed by atoms with E-state index in [-0.39, 0.29) is 0 Å². The predicted octanol–water partition coefficient (Wildman–Crippen LogP) is -0.142. The van der Waals surface area contributed by atoms with E-state index in [4.69, 9.17) is 0 Å². The van der Waals surface area contributed by atoms with Gasteiger partial charge in [0.2, 0.25) is 0 Å². The first-order valence-corrected chi connectivity index (χ1v) is 3.53. The summed E-state index contributed by atoms with van der Waals surface area (Å²) in [5.74, 6) is 0.884. The van der Waals surface area contributed by atoms with Crippen LogP contribution in [0.5, 0.6) is 0 Å². The fourth-order valence-corrected chi connectivity index (χ4v) is 0.804. The van der Waals surface area contributed by atoms with Crippen LogP contribution in [0, 0.1) is 0 Å². The van der Waals surface area contributed by atoms with E-state index >= 15 is 0 Å². The Hall–Kier alpha value is -1.16. The van der Waals surface area contributed by atoms with Gasteiger partial charge in [0.15, 0.2) is 0 Å². The molecule has 0 fully saturated rings. The first-order valence-electron chi connectivity index (χ1n) is 3.53. The molecule has 1 aliphatic rings. The molecule has 0 saturated carbocycles. The van der Waals surface area contributed by atoms with E-state index in [1.807, 2.05) is 36.4 Å². The molecule has 0 amide bonds. The molecular formula is C7H14N4. The number of hydrogen-bond donors (Lipinski definition) is 2. The highest BCUT2D eigenvalue weighted by molar-refractivity contribution is 4.93. The molecule has 0 atom stereocenters. The first-order chi connectivity index (χ1) is 5.22. The quantitative estimate of drug-likeness (QED) is 0.508. The lowest BCUT2D eigenvalue weighted by atomic mass is 10.6. The Morgan fingerprint density at radius 3 is 2.91 bits per heavy atom. The molecule has 0 unspecified atom stereocenters. The van der Waals surface area contributed by atoms with E-state index in [0.29, 0.717) is 0 Å². The van der Waals surface area contributed by atoms with Crippen LogP contribution in [-0.4, -0.2) is 30.7 Å². The van der Waals surface area contributed by atoms with Gasteiger partial charge in [-0.25, -0.2) is 5.43 Å². The maximum atomic E-state index is 3.87. The maximum Gasteiger partial charge on any atom is 0.129 e. The Kier molecular flexibility index (Phi) is 2.38. The lowest BCUT2D eigenvalue weighted by Gasteiger charge is -2.31. The second-order valence-corrected chi connectivity index (χ2v) is 2.43. The van der Waals surface area contributed by atoms with Gasteiger partial charge in [-0.2, -0.15) is 0 Å². The van der Waals surface area contributed by atoms with Crippen molar-refractivity contribution in [3.8, 4) is 0 Å². The molecule has 2 N–H and O–H groups in total. The van der Waals surface area contributed by atoms with Gasteiger partial charge in [0.1, 0.15) is 5.82 Å². The number of nitrogens with zero attached hydrogens (tertiary/aromatic N) is 2. The molecule has 0 spiro atoms. The molecule has 0 aromatic heterocycles. The summed E-state index contributed by atoms with van der Waals surface area (Å²) >= 11 is 0. The molecule has 4 nitrogen and oxygen atoms in total. The summed E-state index contributed by atoms with van der Waals surface area (Å²) < 4.78 is 0. The molecule has 62 valence electrons. The Morgan fingerprint density at radius 2 is 2.18 bits per heavy atom. The molecule has 1 aliphatic heterocycles. The Morgan fingerprint density at radius 1 is 1.45 bits per heavy atom.